The number of amides is 3. The van der Waals surface area contributed by atoms with Gasteiger partial charge in [0.25, 0.3) is 0 Å². The number of rotatable bonds is 4. The molecule has 6 nitrogen and oxygen atoms in total. The Balaban J connectivity index is 1.50. The fraction of sp³-hybridized carbons (Fsp3) is 0.286. The maximum absolute atomic E-state index is 14.0. The summed E-state index contributed by atoms with van der Waals surface area (Å²) in [5.74, 6) is -1.65. The summed E-state index contributed by atoms with van der Waals surface area (Å²) >= 11 is 0. The summed E-state index contributed by atoms with van der Waals surface area (Å²) in [6.45, 7) is 0.741. The molecule has 1 N–H and O–H groups in total. The van der Waals surface area contributed by atoms with Gasteiger partial charge in [-0.1, -0.05) is 24.3 Å². The Hall–Kier alpha value is -3.22. The van der Waals surface area contributed by atoms with Gasteiger partial charge in [0.05, 0.1) is 23.0 Å². The quantitative estimate of drug-likeness (QED) is 0.885. The first kappa shape index (κ1) is 18.2. The van der Waals surface area contributed by atoms with E-state index in [1.807, 2.05) is 6.07 Å². The molecule has 0 aliphatic carbocycles. The molecule has 4 rings (SSSR count). The zero-order valence-corrected chi connectivity index (χ0v) is 15.2. The van der Waals surface area contributed by atoms with Gasteiger partial charge in [-0.2, -0.15) is 0 Å². The first-order valence-corrected chi connectivity index (χ1v) is 9.30. The number of halogens is 1. The second-order valence-corrected chi connectivity index (χ2v) is 7.01. The van der Waals surface area contributed by atoms with Crippen LogP contribution in [0.4, 0.5) is 21.5 Å². The van der Waals surface area contributed by atoms with Crippen LogP contribution in [-0.2, 0) is 14.4 Å². The summed E-state index contributed by atoms with van der Waals surface area (Å²) < 4.78 is 14.0. The highest BCUT2D eigenvalue weighted by molar-refractivity contribution is 6.06. The van der Waals surface area contributed by atoms with Crippen molar-refractivity contribution >= 4 is 34.8 Å². The van der Waals surface area contributed by atoms with Crippen LogP contribution in [0, 0.1) is 11.7 Å². The van der Waals surface area contributed by atoms with Crippen LogP contribution in [0.1, 0.15) is 19.3 Å². The van der Waals surface area contributed by atoms with Crippen molar-refractivity contribution in [2.45, 2.75) is 19.3 Å². The lowest BCUT2D eigenvalue weighted by molar-refractivity contribution is -0.122. The maximum atomic E-state index is 14.0. The van der Waals surface area contributed by atoms with Gasteiger partial charge in [-0.3, -0.25) is 14.4 Å². The number of hydrogen-bond acceptors (Lipinski definition) is 3. The molecule has 2 fully saturated rings. The normalized spacial score (nSPS) is 19.4. The summed E-state index contributed by atoms with van der Waals surface area (Å²) in [6, 6.07) is 13.2. The van der Waals surface area contributed by atoms with E-state index in [1.165, 1.54) is 17.0 Å². The minimum atomic E-state index is -0.588. The zero-order valence-electron chi connectivity index (χ0n) is 15.2. The van der Waals surface area contributed by atoms with E-state index in [1.54, 1.807) is 35.2 Å². The van der Waals surface area contributed by atoms with E-state index < -0.39 is 11.7 Å². The van der Waals surface area contributed by atoms with Crippen molar-refractivity contribution in [3.63, 3.8) is 0 Å². The fourth-order valence-corrected chi connectivity index (χ4v) is 3.74. The average molecular weight is 381 g/mol. The number of nitrogens with zero attached hydrogens (tertiary/aromatic N) is 2. The predicted octanol–water partition coefficient (Wildman–Crippen LogP) is 2.94. The molecule has 7 heteroatoms. The molecular weight excluding hydrogens is 361 g/mol. The third-order valence-corrected chi connectivity index (χ3v) is 5.17. The number of nitrogens with one attached hydrogen (secondary N) is 1. The Labute approximate surface area is 161 Å². The lowest BCUT2D eigenvalue weighted by Gasteiger charge is -2.21. The van der Waals surface area contributed by atoms with Gasteiger partial charge < -0.3 is 15.1 Å². The van der Waals surface area contributed by atoms with Crippen LogP contribution in [0.3, 0.4) is 0 Å². The smallest absolute Gasteiger partial charge is 0.229 e. The lowest BCUT2D eigenvalue weighted by atomic mass is 10.1. The van der Waals surface area contributed by atoms with Gasteiger partial charge in [0, 0.05) is 25.9 Å². The third kappa shape index (κ3) is 3.35. The first-order chi connectivity index (χ1) is 13.5. The zero-order chi connectivity index (χ0) is 19.7. The van der Waals surface area contributed by atoms with Crippen molar-refractivity contribution in [3.8, 4) is 0 Å². The topological polar surface area (TPSA) is 69.7 Å². The summed E-state index contributed by atoms with van der Waals surface area (Å²) in [4.78, 5) is 40.2. The molecule has 0 radical (unpaired) electrons. The molecule has 2 aromatic rings. The SMILES string of the molecule is O=C(Nc1ccccc1N1CCCC1=O)[C@H]1CC(=O)N(c2ccccc2F)C1. The highest BCUT2D eigenvalue weighted by Gasteiger charge is 2.36. The summed E-state index contributed by atoms with van der Waals surface area (Å²) in [6.07, 6.45) is 1.30. The van der Waals surface area contributed by atoms with Gasteiger partial charge in [-0.15, -0.1) is 0 Å². The molecule has 2 heterocycles. The molecule has 0 bridgehead atoms. The van der Waals surface area contributed by atoms with Crippen LogP contribution in [0.25, 0.3) is 0 Å². The van der Waals surface area contributed by atoms with Crippen molar-refractivity contribution in [3.05, 3.63) is 54.3 Å². The van der Waals surface area contributed by atoms with Crippen LogP contribution in [0.2, 0.25) is 0 Å². The Morgan fingerprint density at radius 1 is 0.964 bits per heavy atom. The van der Waals surface area contributed by atoms with E-state index in [9.17, 15) is 18.8 Å². The number of benzene rings is 2. The molecule has 28 heavy (non-hydrogen) atoms. The van der Waals surface area contributed by atoms with Crippen LogP contribution in [0.15, 0.2) is 48.5 Å². The van der Waals surface area contributed by atoms with Gasteiger partial charge >= 0.3 is 0 Å². The van der Waals surface area contributed by atoms with Gasteiger partial charge in [-0.05, 0) is 30.7 Å². The molecule has 1 atom stereocenters. The van der Waals surface area contributed by atoms with E-state index in [0.717, 1.165) is 6.42 Å². The molecule has 0 spiro atoms. The molecule has 2 aromatic carbocycles. The van der Waals surface area contributed by atoms with E-state index in [0.29, 0.717) is 24.3 Å². The van der Waals surface area contributed by atoms with Gasteiger partial charge in [-0.25, -0.2) is 4.39 Å². The van der Waals surface area contributed by atoms with Crippen LogP contribution in [0.5, 0.6) is 0 Å². The average Bonchev–Trinajstić information content (AvgIpc) is 3.28. The molecule has 2 saturated heterocycles. The second kappa shape index (κ2) is 7.42. The number of anilines is 3. The maximum Gasteiger partial charge on any atom is 0.229 e. The van der Waals surface area contributed by atoms with Crippen LogP contribution >= 0.6 is 0 Å². The van der Waals surface area contributed by atoms with Crippen molar-refractivity contribution < 1.29 is 18.8 Å². The second-order valence-electron chi connectivity index (χ2n) is 7.01. The van der Waals surface area contributed by atoms with Gasteiger partial charge in [0.1, 0.15) is 5.82 Å². The highest BCUT2D eigenvalue weighted by atomic mass is 19.1. The van der Waals surface area contributed by atoms with E-state index >= 15 is 0 Å². The number of carbonyl (C=O) groups is 3. The van der Waals surface area contributed by atoms with Crippen LogP contribution in [-0.4, -0.2) is 30.8 Å². The van der Waals surface area contributed by atoms with Crippen molar-refractivity contribution in [2.75, 3.05) is 28.2 Å². The molecule has 144 valence electrons. The third-order valence-electron chi connectivity index (χ3n) is 5.17. The molecular formula is C21H20FN3O3. The molecule has 0 saturated carbocycles. The minimum absolute atomic E-state index is 0.0188. The van der Waals surface area contributed by atoms with Crippen molar-refractivity contribution in [1.29, 1.82) is 0 Å². The van der Waals surface area contributed by atoms with Gasteiger partial charge in [0.15, 0.2) is 0 Å². The highest BCUT2D eigenvalue weighted by Crippen LogP contribution is 2.32. The van der Waals surface area contributed by atoms with E-state index in [2.05, 4.69) is 5.32 Å². The standard InChI is InChI=1S/C21H20FN3O3/c22-15-6-1-3-8-17(15)25-13-14(12-20(25)27)21(28)23-16-7-2-4-9-18(16)24-11-5-10-19(24)26/h1-4,6-9,14H,5,10-13H2,(H,23,28)/t14-/m0/s1. The van der Waals surface area contributed by atoms with E-state index in [4.69, 9.17) is 0 Å². The number of para-hydroxylation sites is 3. The summed E-state index contributed by atoms with van der Waals surface area (Å²) in [5, 5.41) is 2.85. The lowest BCUT2D eigenvalue weighted by Crippen LogP contribution is -2.30. The Morgan fingerprint density at radius 2 is 1.68 bits per heavy atom. The Kier molecular flexibility index (Phi) is 4.81. The Morgan fingerprint density at radius 3 is 2.39 bits per heavy atom. The van der Waals surface area contributed by atoms with Crippen molar-refractivity contribution in [1.82, 2.24) is 0 Å². The van der Waals surface area contributed by atoms with Gasteiger partial charge in [0.2, 0.25) is 17.7 Å². The summed E-state index contributed by atoms with van der Waals surface area (Å²) in [5.41, 5.74) is 1.39. The minimum Gasteiger partial charge on any atom is -0.324 e. The van der Waals surface area contributed by atoms with Crippen LogP contribution < -0.4 is 15.1 Å². The molecule has 0 unspecified atom stereocenters. The summed E-state index contributed by atoms with van der Waals surface area (Å²) in [7, 11) is 0. The molecule has 0 aromatic heterocycles. The Bertz CT molecular complexity index is 946. The monoisotopic (exact) mass is 381 g/mol. The first-order valence-electron chi connectivity index (χ1n) is 9.30. The van der Waals surface area contributed by atoms with E-state index in [-0.39, 0.29) is 36.4 Å². The number of carbonyl (C=O) groups excluding carboxylic acids is 3. The fourth-order valence-electron chi connectivity index (χ4n) is 3.74. The molecule has 3 amide bonds. The molecule has 2 aliphatic rings. The predicted molar refractivity (Wildman–Crippen MR) is 104 cm³/mol. The largest absolute Gasteiger partial charge is 0.324 e. The number of hydrogen-bond donors (Lipinski definition) is 1. The molecule has 2 aliphatic heterocycles. The van der Waals surface area contributed by atoms with Crippen molar-refractivity contribution in [2.24, 2.45) is 5.92 Å².